The lowest BCUT2D eigenvalue weighted by atomic mass is 9.98. The molecule has 0 bridgehead atoms. The van der Waals surface area contributed by atoms with Crippen molar-refractivity contribution in [3.05, 3.63) is 130 Å². The number of nitrogens with one attached hydrogen (secondary N) is 1. The summed E-state index contributed by atoms with van der Waals surface area (Å²) in [5, 5.41) is 7.20. The highest BCUT2D eigenvalue weighted by Crippen LogP contribution is 2.26. The van der Waals surface area contributed by atoms with Gasteiger partial charge in [0.2, 0.25) is 5.91 Å². The van der Waals surface area contributed by atoms with Crippen LogP contribution in [-0.4, -0.2) is 68.2 Å². The fourth-order valence-electron chi connectivity index (χ4n) is 5.62. The van der Waals surface area contributed by atoms with Crippen molar-refractivity contribution in [2.45, 2.75) is 57.3 Å². The number of amides is 1. The zero-order valence-corrected chi connectivity index (χ0v) is 29.6. The minimum atomic E-state index is -2.89. The van der Waals surface area contributed by atoms with Crippen molar-refractivity contribution in [2.75, 3.05) is 26.2 Å². The number of thioether (sulfide) groups is 1. The molecule has 2 aromatic heterocycles. The summed E-state index contributed by atoms with van der Waals surface area (Å²) in [4.78, 5) is 36.0. The molecule has 2 heterocycles. The van der Waals surface area contributed by atoms with Crippen LogP contribution in [0, 0.1) is 5.82 Å². The van der Waals surface area contributed by atoms with Crippen LogP contribution in [0.25, 0.3) is 11.1 Å². The van der Waals surface area contributed by atoms with E-state index in [4.69, 9.17) is 0 Å². The third-order valence-corrected chi connectivity index (χ3v) is 9.79. The quantitative estimate of drug-likeness (QED) is 0.0804. The molecular weight excluding hydrogens is 678 g/mol. The van der Waals surface area contributed by atoms with E-state index in [-0.39, 0.29) is 35.5 Å². The molecule has 13 heteroatoms. The van der Waals surface area contributed by atoms with E-state index in [2.05, 4.69) is 38.7 Å². The third-order valence-electron chi connectivity index (χ3n) is 8.73. The molecule has 0 saturated heterocycles. The van der Waals surface area contributed by atoms with Crippen molar-refractivity contribution >= 4 is 17.7 Å². The number of halogens is 3. The van der Waals surface area contributed by atoms with Gasteiger partial charge in [-0.2, -0.15) is 18.9 Å². The van der Waals surface area contributed by atoms with Crippen LogP contribution >= 0.6 is 11.8 Å². The number of aromatic amines is 1. The first-order chi connectivity index (χ1) is 24.6. The Hall–Kier alpha value is -4.88. The third kappa shape index (κ3) is 10.3. The van der Waals surface area contributed by atoms with E-state index in [9.17, 15) is 22.8 Å². The van der Waals surface area contributed by atoms with Gasteiger partial charge in [-0.1, -0.05) is 81.1 Å². The Morgan fingerprint density at radius 3 is 2.20 bits per heavy atom. The number of hydrogen-bond acceptors (Lipinski definition) is 7. The summed E-state index contributed by atoms with van der Waals surface area (Å²) in [7, 11) is 0. The second-order valence-corrected chi connectivity index (χ2v) is 13.0. The molecule has 0 aliphatic carbocycles. The fraction of sp³-hybridized carbons (Fsp3) is 0.316. The Morgan fingerprint density at radius 1 is 0.941 bits per heavy atom. The molecule has 1 unspecified atom stereocenters. The van der Waals surface area contributed by atoms with Crippen LogP contribution in [0.15, 0.2) is 101 Å². The zero-order valence-electron chi connectivity index (χ0n) is 28.8. The average molecular weight is 719 g/mol. The fourth-order valence-corrected chi connectivity index (χ4v) is 6.54. The van der Waals surface area contributed by atoms with Gasteiger partial charge in [-0.05, 0) is 65.2 Å². The van der Waals surface area contributed by atoms with Crippen LogP contribution in [0.4, 0.5) is 13.2 Å². The molecular formula is C38H41F3N6O3S. The molecule has 0 saturated carbocycles. The Kier molecular flexibility index (Phi) is 13.1. The summed E-state index contributed by atoms with van der Waals surface area (Å²) in [5.74, 6) is -0.274. The second-order valence-electron chi connectivity index (χ2n) is 12.0. The number of carbonyl (C=O) groups excluding carboxylic acids is 1. The van der Waals surface area contributed by atoms with E-state index in [1.807, 2.05) is 36.1 Å². The smallest absolute Gasteiger partial charge is 0.387 e. The first-order valence-corrected chi connectivity index (χ1v) is 17.7. The topological polar surface area (TPSA) is 96.4 Å². The SMILES string of the molecule is CCN(CC)CCN(Cc1ccc(-c2ccc(OC(F)F)cc2)cc1)C(=O)Cn1cc(C(C)c2cn[nH]c2)c(=O)nc1SCc1ccc(F)cc1. The number of aromatic nitrogens is 4. The van der Waals surface area contributed by atoms with Crippen LogP contribution in [0.3, 0.4) is 0 Å². The van der Waals surface area contributed by atoms with E-state index < -0.39 is 6.61 Å². The highest BCUT2D eigenvalue weighted by Gasteiger charge is 2.21. The number of H-pyrrole nitrogens is 1. The van der Waals surface area contributed by atoms with E-state index in [0.717, 1.165) is 40.9 Å². The van der Waals surface area contributed by atoms with Gasteiger partial charge in [0.1, 0.15) is 18.1 Å². The maximum absolute atomic E-state index is 14.2. The number of likely N-dealkylation sites (N-methyl/N-ethyl adjacent to an activating group) is 1. The molecule has 5 rings (SSSR count). The molecule has 51 heavy (non-hydrogen) atoms. The Morgan fingerprint density at radius 2 is 1.59 bits per heavy atom. The molecule has 3 aromatic carbocycles. The van der Waals surface area contributed by atoms with Crippen molar-refractivity contribution in [1.82, 2.24) is 29.5 Å². The minimum Gasteiger partial charge on any atom is -0.435 e. The molecule has 0 radical (unpaired) electrons. The Labute approximate surface area is 299 Å². The molecule has 0 spiro atoms. The number of benzene rings is 3. The van der Waals surface area contributed by atoms with Gasteiger partial charge < -0.3 is 19.1 Å². The summed E-state index contributed by atoms with van der Waals surface area (Å²) in [6, 6.07) is 20.4. The molecule has 1 N–H and O–H groups in total. The number of hydrogen-bond donors (Lipinski definition) is 1. The first kappa shape index (κ1) is 37.4. The number of rotatable bonds is 17. The van der Waals surface area contributed by atoms with E-state index in [1.54, 1.807) is 47.4 Å². The first-order valence-electron chi connectivity index (χ1n) is 16.7. The van der Waals surface area contributed by atoms with Crippen molar-refractivity contribution in [3.63, 3.8) is 0 Å². The maximum atomic E-state index is 14.2. The molecule has 0 aliphatic heterocycles. The van der Waals surface area contributed by atoms with Gasteiger partial charge >= 0.3 is 6.61 Å². The Bertz CT molecular complexity index is 1900. The molecule has 1 atom stereocenters. The van der Waals surface area contributed by atoms with Crippen LogP contribution in [-0.2, 0) is 23.6 Å². The van der Waals surface area contributed by atoms with E-state index in [1.165, 1.54) is 36.0 Å². The standard InChI is InChI=1S/C38H41F3N6O3S/c1-4-45(5-2)18-19-46(22-27-6-10-29(11-7-27)30-12-16-33(17-13-30)50-37(40)41)35(48)24-47-23-34(26(3)31-20-42-43-21-31)36(49)44-38(47)51-25-28-8-14-32(39)15-9-28/h6-17,20-21,23,26,37H,4-5,18-19,22,24-25H2,1-3H3,(H,42,43). The molecule has 9 nitrogen and oxygen atoms in total. The monoisotopic (exact) mass is 718 g/mol. The van der Waals surface area contributed by atoms with Crippen LogP contribution < -0.4 is 10.3 Å². The molecule has 1 amide bonds. The van der Waals surface area contributed by atoms with Gasteiger partial charge in [-0.3, -0.25) is 14.7 Å². The van der Waals surface area contributed by atoms with Gasteiger partial charge in [0.05, 0.1) is 6.20 Å². The lowest BCUT2D eigenvalue weighted by Gasteiger charge is -2.27. The lowest BCUT2D eigenvalue weighted by molar-refractivity contribution is -0.132. The van der Waals surface area contributed by atoms with Crippen LogP contribution in [0.2, 0.25) is 0 Å². The van der Waals surface area contributed by atoms with E-state index >= 15 is 0 Å². The summed E-state index contributed by atoms with van der Waals surface area (Å²) in [6.07, 6.45) is 5.11. The molecule has 5 aromatic rings. The predicted octanol–water partition coefficient (Wildman–Crippen LogP) is 7.19. The predicted molar refractivity (Wildman–Crippen MR) is 192 cm³/mol. The summed E-state index contributed by atoms with van der Waals surface area (Å²) in [5.41, 5.74) is 4.38. The number of alkyl halides is 2. The van der Waals surface area contributed by atoms with Crippen molar-refractivity contribution in [1.29, 1.82) is 0 Å². The second kappa shape index (κ2) is 17.9. The van der Waals surface area contributed by atoms with Crippen LogP contribution in [0.5, 0.6) is 5.75 Å². The van der Waals surface area contributed by atoms with Crippen LogP contribution in [0.1, 0.15) is 48.9 Å². The molecule has 0 aliphatic rings. The maximum Gasteiger partial charge on any atom is 0.387 e. The zero-order chi connectivity index (χ0) is 36.3. The van der Waals surface area contributed by atoms with Crippen molar-refractivity contribution < 1.29 is 22.7 Å². The van der Waals surface area contributed by atoms with Crippen molar-refractivity contribution in [2.24, 2.45) is 0 Å². The highest BCUT2D eigenvalue weighted by atomic mass is 32.2. The largest absolute Gasteiger partial charge is 0.435 e. The van der Waals surface area contributed by atoms with E-state index in [0.29, 0.717) is 36.1 Å². The summed E-state index contributed by atoms with van der Waals surface area (Å²) < 4.78 is 44.9. The average Bonchev–Trinajstić information content (AvgIpc) is 3.68. The minimum absolute atomic E-state index is 0.0481. The number of carbonyl (C=O) groups is 1. The highest BCUT2D eigenvalue weighted by molar-refractivity contribution is 7.98. The van der Waals surface area contributed by atoms with Gasteiger partial charge in [-0.15, -0.1) is 0 Å². The molecule has 0 fully saturated rings. The normalized spacial score (nSPS) is 12.0. The van der Waals surface area contributed by atoms with Gasteiger partial charge in [0.15, 0.2) is 5.16 Å². The van der Waals surface area contributed by atoms with Crippen molar-refractivity contribution in [3.8, 4) is 16.9 Å². The van der Waals surface area contributed by atoms with Gasteiger partial charge in [0, 0.05) is 49.3 Å². The van der Waals surface area contributed by atoms with Gasteiger partial charge in [-0.25, -0.2) is 4.39 Å². The molecule has 268 valence electrons. The summed E-state index contributed by atoms with van der Waals surface area (Å²) in [6.45, 7) is 6.33. The number of nitrogens with zero attached hydrogens (tertiary/aromatic N) is 5. The Balaban J connectivity index is 1.40. The lowest BCUT2D eigenvalue weighted by Crippen LogP contribution is -2.40. The summed E-state index contributed by atoms with van der Waals surface area (Å²) >= 11 is 1.31. The number of ether oxygens (including phenoxy) is 1. The van der Waals surface area contributed by atoms with Gasteiger partial charge in [0.25, 0.3) is 5.56 Å².